The van der Waals surface area contributed by atoms with Crippen LogP contribution in [0.15, 0.2) is 0 Å². The largest absolute Gasteiger partial charge is 0.310 e. The summed E-state index contributed by atoms with van der Waals surface area (Å²) in [6.45, 7) is 5.21. The number of Topliss-reactive ketones (excluding diaryl/α,β-unsaturated/α-hetero) is 3. The van der Waals surface area contributed by atoms with Gasteiger partial charge < -0.3 is 15.4 Å². The van der Waals surface area contributed by atoms with Crippen LogP contribution in [0.5, 0.6) is 0 Å². The lowest BCUT2D eigenvalue weighted by atomic mass is 10.2. The molecule has 20 heavy (non-hydrogen) atoms. The van der Waals surface area contributed by atoms with Crippen LogP contribution in [0.2, 0.25) is 0 Å². The molecule has 0 amide bonds. The first-order chi connectivity index (χ1) is 9.56. The number of nitrogens with one attached hydrogen (secondary N) is 2. The van der Waals surface area contributed by atoms with Crippen LogP contribution in [0.25, 0.3) is 0 Å². The smallest absolute Gasteiger partial charge is 0.160 e. The quantitative estimate of drug-likeness (QED) is 0.470. The minimum Gasteiger partial charge on any atom is -0.310 e. The second kappa shape index (κ2) is 12.9. The number of rotatable bonds is 14. The van der Waals surface area contributed by atoms with Gasteiger partial charge in [-0.1, -0.05) is 26.2 Å². The fraction of sp³-hybridized carbons (Fsp3) is 0.800. The molecule has 0 saturated heterocycles. The van der Waals surface area contributed by atoms with Crippen molar-refractivity contribution in [1.82, 2.24) is 10.6 Å². The SMILES string of the molecule is CCCCCCNCC(=O)CNCC(=O)CCC(C)=O. The van der Waals surface area contributed by atoms with Crippen LogP contribution in [-0.4, -0.2) is 43.5 Å². The first kappa shape index (κ1) is 18.9. The molecule has 0 saturated carbocycles. The predicted molar refractivity (Wildman–Crippen MR) is 79.8 cm³/mol. The van der Waals surface area contributed by atoms with Gasteiger partial charge in [-0.05, 0) is 19.9 Å². The maximum Gasteiger partial charge on any atom is 0.160 e. The Kier molecular flexibility index (Phi) is 12.2. The van der Waals surface area contributed by atoms with E-state index in [9.17, 15) is 14.4 Å². The van der Waals surface area contributed by atoms with Crippen molar-refractivity contribution in [2.45, 2.75) is 52.4 Å². The van der Waals surface area contributed by atoms with Gasteiger partial charge in [0.05, 0.1) is 19.6 Å². The average Bonchev–Trinajstić information content (AvgIpc) is 2.40. The Labute approximate surface area is 121 Å². The number of hydrogen-bond donors (Lipinski definition) is 2. The van der Waals surface area contributed by atoms with Crippen molar-refractivity contribution in [2.75, 3.05) is 26.2 Å². The van der Waals surface area contributed by atoms with E-state index in [1.165, 1.54) is 26.2 Å². The van der Waals surface area contributed by atoms with Crippen molar-refractivity contribution < 1.29 is 14.4 Å². The van der Waals surface area contributed by atoms with Gasteiger partial charge in [0.1, 0.15) is 11.6 Å². The molecule has 0 heterocycles. The molecule has 116 valence electrons. The van der Waals surface area contributed by atoms with E-state index in [0.29, 0.717) is 6.54 Å². The van der Waals surface area contributed by atoms with Gasteiger partial charge in [-0.2, -0.15) is 0 Å². The highest BCUT2D eigenvalue weighted by atomic mass is 16.1. The third kappa shape index (κ3) is 13.4. The summed E-state index contributed by atoms with van der Waals surface area (Å²) in [5, 5.41) is 5.92. The van der Waals surface area contributed by atoms with E-state index in [2.05, 4.69) is 17.6 Å². The van der Waals surface area contributed by atoms with Crippen molar-refractivity contribution in [3.8, 4) is 0 Å². The highest BCUT2D eigenvalue weighted by Crippen LogP contribution is 1.96. The van der Waals surface area contributed by atoms with Crippen LogP contribution in [0.3, 0.4) is 0 Å². The van der Waals surface area contributed by atoms with Gasteiger partial charge >= 0.3 is 0 Å². The number of unbranched alkanes of at least 4 members (excludes halogenated alkanes) is 3. The lowest BCUT2D eigenvalue weighted by Crippen LogP contribution is -2.34. The lowest BCUT2D eigenvalue weighted by Gasteiger charge is -2.05. The van der Waals surface area contributed by atoms with E-state index >= 15 is 0 Å². The highest BCUT2D eigenvalue weighted by Gasteiger charge is 2.05. The summed E-state index contributed by atoms with van der Waals surface area (Å²) in [4.78, 5) is 33.5. The minimum atomic E-state index is -0.0273. The van der Waals surface area contributed by atoms with Crippen molar-refractivity contribution in [1.29, 1.82) is 0 Å². The molecule has 0 fully saturated rings. The van der Waals surface area contributed by atoms with E-state index in [-0.39, 0.29) is 43.3 Å². The van der Waals surface area contributed by atoms with E-state index in [1.54, 1.807) is 0 Å². The molecule has 5 heteroatoms. The topological polar surface area (TPSA) is 75.3 Å². The van der Waals surface area contributed by atoms with Crippen LogP contribution in [0.1, 0.15) is 52.4 Å². The van der Waals surface area contributed by atoms with Crippen LogP contribution < -0.4 is 10.6 Å². The maximum atomic E-state index is 11.5. The molecule has 0 aromatic heterocycles. The van der Waals surface area contributed by atoms with Crippen molar-refractivity contribution in [3.63, 3.8) is 0 Å². The van der Waals surface area contributed by atoms with Crippen molar-refractivity contribution >= 4 is 17.3 Å². The van der Waals surface area contributed by atoms with E-state index in [1.807, 2.05) is 0 Å². The third-order valence-electron chi connectivity index (χ3n) is 2.93. The standard InChI is InChI=1S/C15H28N2O3/c1-3-4-5-6-9-16-11-15(20)12-17-10-14(19)8-7-13(2)18/h16-17H,3-12H2,1-2H3. The predicted octanol–water partition coefficient (Wildman–Crippen LogP) is 1.25. The first-order valence-corrected chi connectivity index (χ1v) is 7.50. The molecule has 0 aliphatic carbocycles. The molecule has 0 aliphatic heterocycles. The summed E-state index contributed by atoms with van der Waals surface area (Å²) in [5.74, 6) is 0.0436. The van der Waals surface area contributed by atoms with Gasteiger partial charge in [-0.15, -0.1) is 0 Å². The molecule has 0 aromatic carbocycles. The van der Waals surface area contributed by atoms with Gasteiger partial charge in [0.25, 0.3) is 0 Å². The normalized spacial score (nSPS) is 10.5. The van der Waals surface area contributed by atoms with Gasteiger partial charge in [0.2, 0.25) is 0 Å². The summed E-state index contributed by atoms with van der Waals surface area (Å²) in [6, 6.07) is 0. The molecule has 0 bridgehead atoms. The summed E-state index contributed by atoms with van der Waals surface area (Å²) >= 11 is 0. The molecule has 2 N–H and O–H groups in total. The Morgan fingerprint density at radius 3 is 2.10 bits per heavy atom. The third-order valence-corrected chi connectivity index (χ3v) is 2.93. The summed E-state index contributed by atoms with van der Waals surface area (Å²) in [6.07, 6.45) is 5.28. The number of carbonyl (C=O) groups excluding carboxylic acids is 3. The van der Waals surface area contributed by atoms with Crippen LogP contribution in [-0.2, 0) is 14.4 Å². The Hall–Kier alpha value is -1.07. The van der Waals surface area contributed by atoms with Crippen molar-refractivity contribution in [2.24, 2.45) is 0 Å². The van der Waals surface area contributed by atoms with Crippen LogP contribution in [0.4, 0.5) is 0 Å². The zero-order valence-corrected chi connectivity index (χ0v) is 12.8. The minimum absolute atomic E-state index is 0.0155. The molecule has 5 nitrogen and oxygen atoms in total. The molecule has 0 spiro atoms. The van der Waals surface area contributed by atoms with E-state index in [4.69, 9.17) is 0 Å². The van der Waals surface area contributed by atoms with E-state index < -0.39 is 0 Å². The molecule has 0 radical (unpaired) electrons. The van der Waals surface area contributed by atoms with Crippen LogP contribution in [0, 0.1) is 0 Å². The first-order valence-electron chi connectivity index (χ1n) is 7.50. The van der Waals surface area contributed by atoms with Gasteiger partial charge in [0, 0.05) is 12.8 Å². The van der Waals surface area contributed by atoms with Gasteiger partial charge in [-0.25, -0.2) is 0 Å². The molecule has 0 rings (SSSR count). The number of carbonyl (C=O) groups is 3. The zero-order valence-electron chi connectivity index (χ0n) is 12.8. The van der Waals surface area contributed by atoms with Crippen LogP contribution >= 0.6 is 0 Å². The molecule has 0 atom stereocenters. The van der Waals surface area contributed by atoms with E-state index in [0.717, 1.165) is 13.0 Å². The Morgan fingerprint density at radius 2 is 1.45 bits per heavy atom. The summed E-state index contributed by atoms with van der Waals surface area (Å²) in [5.41, 5.74) is 0. The molecule has 0 unspecified atom stereocenters. The summed E-state index contributed by atoms with van der Waals surface area (Å²) < 4.78 is 0. The average molecular weight is 284 g/mol. The molecular formula is C15H28N2O3. The Morgan fingerprint density at radius 1 is 0.800 bits per heavy atom. The van der Waals surface area contributed by atoms with Gasteiger partial charge in [0.15, 0.2) is 5.78 Å². The number of hydrogen-bond acceptors (Lipinski definition) is 5. The molecular weight excluding hydrogens is 256 g/mol. The second-order valence-electron chi connectivity index (χ2n) is 5.12. The zero-order chi connectivity index (χ0) is 15.2. The monoisotopic (exact) mass is 284 g/mol. The Bertz CT molecular complexity index is 303. The number of ketones is 3. The van der Waals surface area contributed by atoms with Crippen molar-refractivity contribution in [3.05, 3.63) is 0 Å². The lowest BCUT2D eigenvalue weighted by molar-refractivity contribution is -0.123. The fourth-order valence-corrected chi connectivity index (χ4v) is 1.71. The highest BCUT2D eigenvalue weighted by molar-refractivity contribution is 5.87. The molecule has 0 aromatic rings. The second-order valence-corrected chi connectivity index (χ2v) is 5.12. The Balaban J connectivity index is 3.40. The van der Waals surface area contributed by atoms with Gasteiger partial charge in [-0.3, -0.25) is 9.59 Å². The fourth-order valence-electron chi connectivity index (χ4n) is 1.71. The summed E-state index contributed by atoms with van der Waals surface area (Å²) in [7, 11) is 0. The maximum absolute atomic E-state index is 11.5. The molecule has 0 aliphatic rings.